The molecule has 1 aromatic carbocycles. The van der Waals surface area contributed by atoms with Crippen molar-refractivity contribution in [1.29, 1.82) is 0 Å². The van der Waals surface area contributed by atoms with Gasteiger partial charge in [0.2, 0.25) is 0 Å². The Kier molecular flexibility index (Phi) is 6.11. The first-order valence-corrected chi connectivity index (χ1v) is 12.3. The van der Waals surface area contributed by atoms with Crippen molar-refractivity contribution in [3.05, 3.63) is 82.9 Å². The monoisotopic (exact) mass is 460 g/mol. The molecule has 2 atom stereocenters. The van der Waals surface area contributed by atoms with Crippen LogP contribution in [-0.4, -0.2) is 26.7 Å². The van der Waals surface area contributed by atoms with Crippen molar-refractivity contribution in [2.45, 2.75) is 64.2 Å². The number of ether oxygens (including phenoxy) is 1. The lowest BCUT2D eigenvalue weighted by Crippen LogP contribution is -2.29. The Hall–Kier alpha value is -2.86. The fourth-order valence-electron chi connectivity index (χ4n) is 5.67. The van der Waals surface area contributed by atoms with Crippen molar-refractivity contribution in [2.75, 3.05) is 7.11 Å². The summed E-state index contributed by atoms with van der Waals surface area (Å²) in [6.07, 6.45) is 7.07. The minimum absolute atomic E-state index is 0.00877. The molecule has 6 heteroatoms. The number of benzene rings is 1. The molecule has 1 saturated heterocycles. The van der Waals surface area contributed by atoms with Gasteiger partial charge in [-0.1, -0.05) is 31.0 Å². The van der Waals surface area contributed by atoms with E-state index in [2.05, 4.69) is 59.0 Å². The molecule has 2 fully saturated rings. The standard InChI is InChI=1S/C27H32N4OS/c1-18-16-23(19(2)31(18)21-8-4-5-9-21)26-25(24-10-6-7-15-28-24)29-27(33)30(26)17-20-11-13-22(32-3)14-12-20/h6-7,10-16,21,25-26H,4-5,8-9,17H2,1-3H3,(H,29,33)/t25-,26-/m0/s1. The second kappa shape index (κ2) is 9.18. The molecule has 5 rings (SSSR count). The highest BCUT2D eigenvalue weighted by Gasteiger charge is 2.41. The van der Waals surface area contributed by atoms with E-state index in [9.17, 15) is 0 Å². The van der Waals surface area contributed by atoms with Crippen molar-refractivity contribution < 1.29 is 4.74 Å². The zero-order chi connectivity index (χ0) is 22.9. The molecule has 0 bridgehead atoms. The quantitative estimate of drug-likeness (QED) is 0.471. The van der Waals surface area contributed by atoms with E-state index in [-0.39, 0.29) is 12.1 Å². The van der Waals surface area contributed by atoms with E-state index in [1.165, 1.54) is 48.2 Å². The molecule has 172 valence electrons. The second-order valence-electron chi connectivity index (χ2n) is 9.24. The van der Waals surface area contributed by atoms with Gasteiger partial charge in [-0.05, 0) is 80.4 Å². The first-order chi connectivity index (χ1) is 16.1. The fourth-order valence-corrected chi connectivity index (χ4v) is 5.97. The van der Waals surface area contributed by atoms with Crippen molar-refractivity contribution in [3.63, 3.8) is 0 Å². The molecule has 5 nitrogen and oxygen atoms in total. The number of hydrogen-bond donors (Lipinski definition) is 1. The molecular formula is C27H32N4OS. The van der Waals surface area contributed by atoms with E-state index in [0.717, 1.165) is 23.1 Å². The lowest BCUT2D eigenvalue weighted by molar-refractivity contribution is 0.309. The van der Waals surface area contributed by atoms with Gasteiger partial charge in [-0.3, -0.25) is 4.98 Å². The Morgan fingerprint density at radius 1 is 1.09 bits per heavy atom. The van der Waals surface area contributed by atoms with Gasteiger partial charge in [0, 0.05) is 30.2 Å². The van der Waals surface area contributed by atoms with E-state index in [0.29, 0.717) is 6.04 Å². The van der Waals surface area contributed by atoms with Crippen LogP contribution in [0.5, 0.6) is 5.75 Å². The normalized spacial score (nSPS) is 20.9. The molecule has 33 heavy (non-hydrogen) atoms. The number of aromatic nitrogens is 2. The van der Waals surface area contributed by atoms with Gasteiger partial charge in [0.25, 0.3) is 0 Å². The zero-order valence-corrected chi connectivity index (χ0v) is 20.4. The van der Waals surface area contributed by atoms with E-state index >= 15 is 0 Å². The summed E-state index contributed by atoms with van der Waals surface area (Å²) in [6, 6.07) is 17.5. The van der Waals surface area contributed by atoms with Crippen LogP contribution in [0, 0.1) is 13.8 Å². The molecule has 0 amide bonds. The van der Waals surface area contributed by atoms with Gasteiger partial charge < -0.3 is 19.5 Å². The third-order valence-corrected chi connectivity index (χ3v) is 7.59. The molecule has 0 radical (unpaired) electrons. The first kappa shape index (κ1) is 22.0. The van der Waals surface area contributed by atoms with Crippen molar-refractivity contribution in [3.8, 4) is 5.75 Å². The second-order valence-corrected chi connectivity index (χ2v) is 9.62. The van der Waals surface area contributed by atoms with Crippen molar-refractivity contribution >= 4 is 17.3 Å². The zero-order valence-electron chi connectivity index (χ0n) is 19.6. The van der Waals surface area contributed by atoms with Gasteiger partial charge in [-0.15, -0.1) is 0 Å². The third kappa shape index (κ3) is 4.12. The number of thiocarbonyl (C=S) groups is 1. The number of methoxy groups -OCH3 is 1. The molecule has 1 N–H and O–H groups in total. The largest absolute Gasteiger partial charge is 0.497 e. The van der Waals surface area contributed by atoms with Gasteiger partial charge in [0.15, 0.2) is 5.11 Å². The summed E-state index contributed by atoms with van der Waals surface area (Å²) in [5, 5.41) is 4.37. The summed E-state index contributed by atoms with van der Waals surface area (Å²) in [5.74, 6) is 0.865. The molecule has 1 saturated carbocycles. The van der Waals surface area contributed by atoms with Crippen LogP contribution in [0.3, 0.4) is 0 Å². The first-order valence-electron chi connectivity index (χ1n) is 11.9. The highest BCUT2D eigenvalue weighted by atomic mass is 32.1. The predicted molar refractivity (Wildman–Crippen MR) is 135 cm³/mol. The molecule has 2 aromatic heterocycles. The molecule has 0 unspecified atom stereocenters. The highest BCUT2D eigenvalue weighted by molar-refractivity contribution is 7.80. The molecule has 1 aliphatic carbocycles. The predicted octanol–water partition coefficient (Wildman–Crippen LogP) is 5.80. The van der Waals surface area contributed by atoms with Crippen molar-refractivity contribution in [2.24, 2.45) is 0 Å². The van der Waals surface area contributed by atoms with Crippen LogP contribution in [0.25, 0.3) is 0 Å². The van der Waals surface area contributed by atoms with E-state index < -0.39 is 0 Å². The average Bonchev–Trinajstić information content (AvgIpc) is 3.54. The van der Waals surface area contributed by atoms with Gasteiger partial charge in [0.05, 0.1) is 24.9 Å². The van der Waals surface area contributed by atoms with Gasteiger partial charge >= 0.3 is 0 Å². The smallest absolute Gasteiger partial charge is 0.170 e. The summed E-state index contributed by atoms with van der Waals surface area (Å²) < 4.78 is 7.92. The summed E-state index contributed by atoms with van der Waals surface area (Å²) in [4.78, 5) is 7.03. The van der Waals surface area contributed by atoms with Gasteiger partial charge in [0.1, 0.15) is 5.75 Å². The SMILES string of the molecule is COc1ccc(CN2C(=S)N[C@@H](c3ccccn3)[C@@H]2c2cc(C)n(C3CCCC3)c2C)cc1. The minimum Gasteiger partial charge on any atom is -0.497 e. The van der Waals surface area contributed by atoms with Gasteiger partial charge in [-0.2, -0.15) is 0 Å². The third-order valence-electron chi connectivity index (χ3n) is 7.24. The molecule has 3 aromatic rings. The van der Waals surface area contributed by atoms with Crippen LogP contribution < -0.4 is 10.1 Å². The summed E-state index contributed by atoms with van der Waals surface area (Å²) in [7, 11) is 1.70. The van der Waals surface area contributed by atoms with Crippen molar-refractivity contribution in [1.82, 2.24) is 19.8 Å². The van der Waals surface area contributed by atoms with Crippen LogP contribution in [0.1, 0.15) is 72.0 Å². The summed E-state index contributed by atoms with van der Waals surface area (Å²) in [5.41, 5.74) is 6.27. The number of rotatable bonds is 6. The Balaban J connectivity index is 1.55. The Labute approximate surface area is 201 Å². The Morgan fingerprint density at radius 3 is 2.52 bits per heavy atom. The van der Waals surface area contributed by atoms with E-state index in [1.54, 1.807) is 7.11 Å². The summed E-state index contributed by atoms with van der Waals surface area (Å²) in [6.45, 7) is 5.26. The minimum atomic E-state index is 0.00877. The number of hydrogen-bond acceptors (Lipinski definition) is 3. The average molecular weight is 461 g/mol. The molecule has 0 spiro atoms. The molecule has 1 aliphatic heterocycles. The number of aryl methyl sites for hydroxylation is 1. The lowest BCUT2D eigenvalue weighted by Gasteiger charge is -2.28. The maximum absolute atomic E-state index is 5.89. The number of nitrogens with zero attached hydrogens (tertiary/aromatic N) is 3. The highest BCUT2D eigenvalue weighted by Crippen LogP contribution is 2.43. The topological polar surface area (TPSA) is 42.3 Å². The maximum Gasteiger partial charge on any atom is 0.170 e. The molecule has 3 heterocycles. The van der Waals surface area contributed by atoms with Crippen LogP contribution in [0.15, 0.2) is 54.7 Å². The maximum atomic E-state index is 5.89. The Morgan fingerprint density at radius 2 is 1.85 bits per heavy atom. The lowest BCUT2D eigenvalue weighted by atomic mass is 9.96. The van der Waals surface area contributed by atoms with E-state index in [4.69, 9.17) is 21.9 Å². The van der Waals surface area contributed by atoms with E-state index in [1.807, 2.05) is 24.4 Å². The summed E-state index contributed by atoms with van der Waals surface area (Å²) >= 11 is 5.89. The van der Waals surface area contributed by atoms with Crippen LogP contribution in [0.2, 0.25) is 0 Å². The fraction of sp³-hybridized carbons (Fsp3) is 0.407. The number of nitrogens with one attached hydrogen (secondary N) is 1. The molecular weight excluding hydrogens is 428 g/mol. The van der Waals surface area contributed by atoms with Crippen LogP contribution >= 0.6 is 12.2 Å². The van der Waals surface area contributed by atoms with Crippen LogP contribution in [0.4, 0.5) is 0 Å². The van der Waals surface area contributed by atoms with Gasteiger partial charge in [-0.25, -0.2) is 0 Å². The Bertz CT molecular complexity index is 1120. The van der Waals surface area contributed by atoms with Crippen LogP contribution in [-0.2, 0) is 6.54 Å². The number of pyridine rings is 1. The molecule has 2 aliphatic rings.